The Balaban J connectivity index is 1.59. The number of hydrogen-bond donors (Lipinski definition) is 1. The molecule has 0 atom stereocenters. The van der Waals surface area contributed by atoms with Crippen molar-refractivity contribution in [2.75, 3.05) is 17.6 Å². The monoisotopic (exact) mass is 418 g/mol. The first-order valence-electron chi connectivity index (χ1n) is 9.61. The van der Waals surface area contributed by atoms with Crippen LogP contribution in [0.4, 0.5) is 5.69 Å². The lowest BCUT2D eigenvalue weighted by molar-refractivity contribution is 0.416. The Morgan fingerprint density at radius 2 is 1.67 bits per heavy atom. The molecule has 0 saturated heterocycles. The molecule has 1 N–H and O–H groups in total. The zero-order valence-corrected chi connectivity index (χ0v) is 17.4. The highest BCUT2D eigenvalue weighted by molar-refractivity contribution is 7.92. The van der Waals surface area contributed by atoms with Gasteiger partial charge in [-0.3, -0.25) is 9.71 Å². The van der Waals surface area contributed by atoms with Crippen molar-refractivity contribution in [1.29, 1.82) is 0 Å². The zero-order chi connectivity index (χ0) is 21.0. The van der Waals surface area contributed by atoms with Crippen molar-refractivity contribution in [3.05, 3.63) is 90.8 Å². The van der Waals surface area contributed by atoms with Crippen LogP contribution in [0.3, 0.4) is 0 Å². The van der Waals surface area contributed by atoms with Crippen molar-refractivity contribution in [1.82, 2.24) is 4.98 Å². The number of rotatable bonds is 7. The molecule has 5 nitrogen and oxygen atoms in total. The number of methoxy groups -OCH3 is 1. The summed E-state index contributed by atoms with van der Waals surface area (Å²) in [5, 5.41) is 2.09. The van der Waals surface area contributed by atoms with Gasteiger partial charge in [0.25, 0.3) is 0 Å². The summed E-state index contributed by atoms with van der Waals surface area (Å²) in [5.74, 6) is 0.588. The van der Waals surface area contributed by atoms with E-state index in [0.29, 0.717) is 17.9 Å². The molecule has 1 heterocycles. The lowest BCUT2D eigenvalue weighted by Gasteiger charge is -2.14. The number of nitrogens with one attached hydrogen (secondary N) is 1. The number of aryl methyl sites for hydroxylation is 1. The topological polar surface area (TPSA) is 68.3 Å². The van der Waals surface area contributed by atoms with Crippen LogP contribution in [-0.2, 0) is 16.4 Å². The predicted molar refractivity (Wildman–Crippen MR) is 121 cm³/mol. The van der Waals surface area contributed by atoms with E-state index in [-0.39, 0.29) is 5.75 Å². The maximum absolute atomic E-state index is 12.5. The van der Waals surface area contributed by atoms with E-state index in [1.165, 1.54) is 0 Å². The molecule has 152 valence electrons. The highest BCUT2D eigenvalue weighted by Gasteiger charge is 2.15. The van der Waals surface area contributed by atoms with Gasteiger partial charge >= 0.3 is 0 Å². The Morgan fingerprint density at radius 3 is 2.47 bits per heavy atom. The molecule has 6 heteroatoms. The highest BCUT2D eigenvalue weighted by atomic mass is 32.2. The Labute approximate surface area is 176 Å². The van der Waals surface area contributed by atoms with Crippen LogP contribution in [-0.4, -0.2) is 26.3 Å². The molecule has 0 aliphatic carbocycles. The first-order valence-corrected chi connectivity index (χ1v) is 11.3. The minimum atomic E-state index is -3.49. The van der Waals surface area contributed by atoms with Crippen LogP contribution in [0.1, 0.15) is 5.56 Å². The smallest absolute Gasteiger partial charge is 0.233 e. The van der Waals surface area contributed by atoms with Gasteiger partial charge in [0.05, 0.1) is 18.6 Å². The van der Waals surface area contributed by atoms with Gasteiger partial charge in [0.1, 0.15) is 5.75 Å². The molecule has 0 aliphatic heterocycles. The minimum Gasteiger partial charge on any atom is -0.496 e. The molecule has 4 aromatic rings. The highest BCUT2D eigenvalue weighted by Crippen LogP contribution is 2.36. The van der Waals surface area contributed by atoms with Gasteiger partial charge in [-0.2, -0.15) is 0 Å². The van der Waals surface area contributed by atoms with E-state index < -0.39 is 10.0 Å². The summed E-state index contributed by atoms with van der Waals surface area (Å²) in [6, 6.07) is 22.9. The Bertz CT molecular complexity index is 1270. The maximum atomic E-state index is 12.5. The number of anilines is 1. The number of aromatic nitrogens is 1. The van der Waals surface area contributed by atoms with Crippen LogP contribution in [0.15, 0.2) is 85.2 Å². The molecule has 0 saturated carbocycles. The number of fused-ring (bicyclic) bond motifs is 1. The number of hydrogen-bond acceptors (Lipinski definition) is 4. The number of pyridine rings is 1. The van der Waals surface area contributed by atoms with E-state index in [4.69, 9.17) is 4.74 Å². The van der Waals surface area contributed by atoms with Crippen molar-refractivity contribution in [2.24, 2.45) is 0 Å². The van der Waals surface area contributed by atoms with Gasteiger partial charge in [0.15, 0.2) is 0 Å². The lowest BCUT2D eigenvalue weighted by atomic mass is 10.00. The van der Waals surface area contributed by atoms with Gasteiger partial charge in [0, 0.05) is 35.0 Å². The first-order chi connectivity index (χ1) is 14.6. The average molecular weight is 419 g/mol. The normalized spacial score (nSPS) is 11.4. The van der Waals surface area contributed by atoms with E-state index in [9.17, 15) is 8.42 Å². The Morgan fingerprint density at radius 1 is 0.900 bits per heavy atom. The van der Waals surface area contributed by atoms with Crippen LogP contribution >= 0.6 is 0 Å². The first kappa shape index (κ1) is 19.9. The minimum absolute atomic E-state index is 0.00826. The third-order valence-corrected chi connectivity index (χ3v) is 6.22. The van der Waals surface area contributed by atoms with Gasteiger partial charge in [-0.25, -0.2) is 8.42 Å². The maximum Gasteiger partial charge on any atom is 0.233 e. The van der Waals surface area contributed by atoms with E-state index >= 15 is 0 Å². The summed E-state index contributed by atoms with van der Waals surface area (Å²) in [6.07, 6.45) is 4.07. The quantitative estimate of drug-likeness (QED) is 0.464. The molecule has 0 unspecified atom stereocenters. The molecule has 0 radical (unpaired) electrons. The average Bonchev–Trinajstić information content (AvgIpc) is 2.78. The van der Waals surface area contributed by atoms with E-state index in [1.807, 2.05) is 66.9 Å². The molecule has 0 spiro atoms. The van der Waals surface area contributed by atoms with Crippen LogP contribution in [0, 0.1) is 0 Å². The van der Waals surface area contributed by atoms with Crippen molar-refractivity contribution >= 4 is 26.5 Å². The standard InChI is InChI=1S/C24H22N2O3S/c1-29-24-15-20(26-30(27,28)14-13-18-7-3-2-4-8-18)11-12-22(24)23-17-25-16-19-9-5-6-10-21(19)23/h2-12,15-17,26H,13-14H2,1H3. The molecule has 0 amide bonds. The summed E-state index contributed by atoms with van der Waals surface area (Å²) in [4.78, 5) is 4.33. The molecular formula is C24H22N2O3S. The zero-order valence-electron chi connectivity index (χ0n) is 16.6. The second-order valence-electron chi connectivity index (χ2n) is 6.98. The summed E-state index contributed by atoms with van der Waals surface area (Å²) < 4.78 is 33.3. The van der Waals surface area contributed by atoms with Gasteiger partial charge in [-0.15, -0.1) is 0 Å². The summed E-state index contributed by atoms with van der Waals surface area (Å²) in [5.41, 5.74) is 3.24. The Kier molecular flexibility index (Phi) is 5.68. The Hall–Kier alpha value is -3.38. The molecule has 0 bridgehead atoms. The van der Waals surface area contributed by atoms with Gasteiger partial charge in [0.2, 0.25) is 10.0 Å². The summed E-state index contributed by atoms with van der Waals surface area (Å²) in [6.45, 7) is 0. The third-order valence-electron chi connectivity index (χ3n) is 4.94. The number of ether oxygens (including phenoxy) is 1. The van der Waals surface area contributed by atoms with Gasteiger partial charge in [-0.05, 0) is 29.5 Å². The molecule has 0 aliphatic rings. The summed E-state index contributed by atoms with van der Waals surface area (Å²) in [7, 11) is -1.91. The van der Waals surface area contributed by atoms with Gasteiger partial charge in [-0.1, -0.05) is 54.6 Å². The van der Waals surface area contributed by atoms with Crippen molar-refractivity contribution < 1.29 is 13.2 Å². The fourth-order valence-corrected chi connectivity index (χ4v) is 4.53. The van der Waals surface area contributed by atoms with Crippen molar-refractivity contribution in [2.45, 2.75) is 6.42 Å². The molecule has 3 aromatic carbocycles. The fraction of sp³-hybridized carbons (Fsp3) is 0.125. The van der Waals surface area contributed by atoms with Gasteiger partial charge < -0.3 is 4.74 Å². The number of benzene rings is 3. The largest absolute Gasteiger partial charge is 0.496 e. The van der Waals surface area contributed by atoms with Crippen molar-refractivity contribution in [3.8, 4) is 16.9 Å². The number of nitrogens with zero attached hydrogens (tertiary/aromatic N) is 1. The van der Waals surface area contributed by atoms with Crippen molar-refractivity contribution in [3.63, 3.8) is 0 Å². The third kappa shape index (κ3) is 4.44. The van der Waals surface area contributed by atoms with Crippen LogP contribution in [0.5, 0.6) is 5.75 Å². The molecule has 1 aromatic heterocycles. The van der Waals surface area contributed by atoms with Crippen LogP contribution < -0.4 is 9.46 Å². The SMILES string of the molecule is COc1cc(NS(=O)(=O)CCc2ccccc2)ccc1-c1cncc2ccccc12. The second kappa shape index (κ2) is 8.55. The van der Waals surface area contributed by atoms with E-state index in [1.54, 1.807) is 25.4 Å². The van der Waals surface area contributed by atoms with Crippen LogP contribution in [0.25, 0.3) is 21.9 Å². The fourth-order valence-electron chi connectivity index (χ4n) is 3.44. The lowest BCUT2D eigenvalue weighted by Crippen LogP contribution is -2.18. The van der Waals surface area contributed by atoms with E-state index in [2.05, 4.69) is 9.71 Å². The molecule has 0 fully saturated rings. The molecular weight excluding hydrogens is 396 g/mol. The summed E-state index contributed by atoms with van der Waals surface area (Å²) >= 11 is 0. The molecule has 4 rings (SSSR count). The molecule has 30 heavy (non-hydrogen) atoms. The van der Waals surface area contributed by atoms with E-state index in [0.717, 1.165) is 27.5 Å². The van der Waals surface area contributed by atoms with Crippen LogP contribution in [0.2, 0.25) is 0 Å². The number of sulfonamides is 1. The predicted octanol–water partition coefficient (Wildman–Crippen LogP) is 4.89. The second-order valence-corrected chi connectivity index (χ2v) is 8.82.